The van der Waals surface area contributed by atoms with Crippen LogP contribution in [0.3, 0.4) is 0 Å². The molecule has 0 spiro atoms. The lowest BCUT2D eigenvalue weighted by atomic mass is 10.1. The lowest BCUT2D eigenvalue weighted by Gasteiger charge is -2.32. The number of hydrogen-bond donors (Lipinski definition) is 1. The van der Waals surface area contributed by atoms with Gasteiger partial charge in [-0.3, -0.25) is 4.90 Å². The predicted octanol–water partition coefficient (Wildman–Crippen LogP) is 2.59. The van der Waals surface area contributed by atoms with E-state index in [1.165, 1.54) is 25.1 Å². The lowest BCUT2D eigenvalue weighted by Crippen LogP contribution is -2.36. The summed E-state index contributed by atoms with van der Waals surface area (Å²) in [6.45, 7) is 7.55. The molecule has 4 nitrogen and oxygen atoms in total. The van der Waals surface area contributed by atoms with E-state index in [9.17, 15) is 5.11 Å². The number of nitrogens with zero attached hydrogens (tertiary/aromatic N) is 3. The van der Waals surface area contributed by atoms with Gasteiger partial charge in [0.2, 0.25) is 0 Å². The Balaban J connectivity index is 1.77. The highest BCUT2D eigenvalue weighted by Crippen LogP contribution is 2.33. The molecule has 1 aromatic heterocycles. The Hall–Kier alpha value is -1.13. The SMILES string of the molecule is CC(C)N1CCC[C@@H]1c1cccc(N2CCC(O)CC2)n1. The summed E-state index contributed by atoms with van der Waals surface area (Å²) in [7, 11) is 0. The summed E-state index contributed by atoms with van der Waals surface area (Å²) < 4.78 is 0. The smallest absolute Gasteiger partial charge is 0.128 e. The quantitative estimate of drug-likeness (QED) is 0.928. The third-order valence-corrected chi connectivity index (χ3v) is 4.84. The number of piperidine rings is 1. The highest BCUT2D eigenvalue weighted by Gasteiger charge is 2.29. The van der Waals surface area contributed by atoms with E-state index in [0.717, 1.165) is 31.7 Å². The summed E-state index contributed by atoms with van der Waals surface area (Å²) in [5.41, 5.74) is 1.21. The van der Waals surface area contributed by atoms with Crippen molar-refractivity contribution in [2.24, 2.45) is 0 Å². The molecule has 0 radical (unpaired) electrons. The Labute approximate surface area is 127 Å². The summed E-state index contributed by atoms with van der Waals surface area (Å²) in [5.74, 6) is 1.08. The van der Waals surface area contributed by atoms with Crippen molar-refractivity contribution in [2.75, 3.05) is 24.5 Å². The van der Waals surface area contributed by atoms with Crippen molar-refractivity contribution in [3.05, 3.63) is 23.9 Å². The minimum atomic E-state index is -0.129. The zero-order valence-corrected chi connectivity index (χ0v) is 13.2. The van der Waals surface area contributed by atoms with Crippen molar-refractivity contribution in [1.29, 1.82) is 0 Å². The van der Waals surface area contributed by atoms with Crippen LogP contribution in [-0.2, 0) is 0 Å². The van der Waals surface area contributed by atoms with Gasteiger partial charge >= 0.3 is 0 Å². The molecule has 3 heterocycles. The second kappa shape index (κ2) is 6.32. The summed E-state index contributed by atoms with van der Waals surface area (Å²) >= 11 is 0. The number of aromatic nitrogens is 1. The molecule has 0 unspecified atom stereocenters. The Morgan fingerprint density at radius 3 is 2.62 bits per heavy atom. The second-order valence-corrected chi connectivity index (χ2v) is 6.63. The summed E-state index contributed by atoms with van der Waals surface area (Å²) in [6.07, 6.45) is 4.06. The van der Waals surface area contributed by atoms with E-state index in [4.69, 9.17) is 4.98 Å². The van der Waals surface area contributed by atoms with Crippen LogP contribution in [0.25, 0.3) is 0 Å². The van der Waals surface area contributed by atoms with E-state index >= 15 is 0 Å². The molecule has 1 N–H and O–H groups in total. The second-order valence-electron chi connectivity index (χ2n) is 6.63. The molecule has 1 aromatic rings. The molecule has 2 fully saturated rings. The van der Waals surface area contributed by atoms with Gasteiger partial charge in [0.1, 0.15) is 5.82 Å². The number of rotatable bonds is 3. The lowest BCUT2D eigenvalue weighted by molar-refractivity contribution is 0.145. The Bertz CT molecular complexity index is 469. The molecule has 2 aliphatic rings. The number of aliphatic hydroxyl groups is 1. The molecule has 0 aliphatic carbocycles. The average Bonchev–Trinajstić information content (AvgIpc) is 2.98. The molecular weight excluding hydrogens is 262 g/mol. The zero-order valence-electron chi connectivity index (χ0n) is 13.2. The fourth-order valence-corrected chi connectivity index (χ4v) is 3.62. The van der Waals surface area contributed by atoms with Crippen LogP contribution in [0.2, 0.25) is 0 Å². The molecule has 3 rings (SSSR count). The summed E-state index contributed by atoms with van der Waals surface area (Å²) in [5, 5.41) is 9.64. The zero-order chi connectivity index (χ0) is 14.8. The van der Waals surface area contributed by atoms with Crippen molar-refractivity contribution >= 4 is 5.82 Å². The molecule has 0 saturated carbocycles. The molecule has 116 valence electrons. The van der Waals surface area contributed by atoms with Gasteiger partial charge in [0.25, 0.3) is 0 Å². The topological polar surface area (TPSA) is 39.6 Å². The summed E-state index contributed by atoms with van der Waals surface area (Å²) in [6, 6.07) is 7.47. The van der Waals surface area contributed by atoms with Crippen LogP contribution in [-0.4, -0.2) is 46.8 Å². The van der Waals surface area contributed by atoms with Crippen LogP contribution in [0, 0.1) is 0 Å². The molecule has 0 bridgehead atoms. The molecule has 4 heteroatoms. The van der Waals surface area contributed by atoms with Crippen LogP contribution in [0.15, 0.2) is 18.2 Å². The van der Waals surface area contributed by atoms with E-state index < -0.39 is 0 Å². The van der Waals surface area contributed by atoms with E-state index in [1.54, 1.807) is 0 Å². The van der Waals surface area contributed by atoms with E-state index in [0.29, 0.717) is 12.1 Å². The van der Waals surface area contributed by atoms with Gasteiger partial charge in [0.15, 0.2) is 0 Å². The highest BCUT2D eigenvalue weighted by atomic mass is 16.3. The van der Waals surface area contributed by atoms with Gasteiger partial charge < -0.3 is 10.0 Å². The van der Waals surface area contributed by atoms with E-state index in [1.807, 2.05) is 0 Å². The van der Waals surface area contributed by atoms with Gasteiger partial charge in [-0.15, -0.1) is 0 Å². The van der Waals surface area contributed by atoms with Gasteiger partial charge in [-0.1, -0.05) is 6.07 Å². The number of likely N-dealkylation sites (tertiary alicyclic amines) is 1. The van der Waals surface area contributed by atoms with E-state index in [2.05, 4.69) is 41.8 Å². The Kier molecular flexibility index (Phi) is 4.45. The van der Waals surface area contributed by atoms with Crippen LogP contribution < -0.4 is 4.90 Å². The van der Waals surface area contributed by atoms with Gasteiger partial charge in [0, 0.05) is 19.1 Å². The predicted molar refractivity (Wildman–Crippen MR) is 85.5 cm³/mol. The average molecular weight is 289 g/mol. The number of aliphatic hydroxyl groups excluding tert-OH is 1. The third-order valence-electron chi connectivity index (χ3n) is 4.84. The van der Waals surface area contributed by atoms with Crippen LogP contribution >= 0.6 is 0 Å². The monoisotopic (exact) mass is 289 g/mol. The Morgan fingerprint density at radius 1 is 1.14 bits per heavy atom. The van der Waals surface area contributed by atoms with Gasteiger partial charge in [0.05, 0.1) is 17.8 Å². The van der Waals surface area contributed by atoms with Crippen LogP contribution in [0.4, 0.5) is 5.82 Å². The minimum absolute atomic E-state index is 0.129. The fourth-order valence-electron chi connectivity index (χ4n) is 3.62. The van der Waals surface area contributed by atoms with Crippen LogP contribution in [0.5, 0.6) is 0 Å². The first-order chi connectivity index (χ1) is 10.1. The van der Waals surface area contributed by atoms with Gasteiger partial charge in [-0.2, -0.15) is 0 Å². The molecule has 21 heavy (non-hydrogen) atoms. The first-order valence-electron chi connectivity index (χ1n) is 8.31. The third kappa shape index (κ3) is 3.22. The van der Waals surface area contributed by atoms with Crippen molar-refractivity contribution in [3.8, 4) is 0 Å². The molecule has 0 aromatic carbocycles. The largest absolute Gasteiger partial charge is 0.393 e. The maximum atomic E-state index is 9.64. The fraction of sp³-hybridized carbons (Fsp3) is 0.706. The van der Waals surface area contributed by atoms with Gasteiger partial charge in [-0.05, 0) is 58.2 Å². The maximum Gasteiger partial charge on any atom is 0.128 e. The first-order valence-corrected chi connectivity index (χ1v) is 8.31. The van der Waals surface area contributed by atoms with Crippen LogP contribution in [0.1, 0.15) is 51.3 Å². The number of anilines is 1. The normalized spacial score (nSPS) is 25.0. The standard InChI is InChI=1S/C17H27N3O/c1-13(2)20-10-4-6-16(20)15-5-3-7-17(18-15)19-11-8-14(21)9-12-19/h3,5,7,13-14,16,21H,4,6,8-12H2,1-2H3/t16-/m1/s1. The molecule has 2 saturated heterocycles. The summed E-state index contributed by atoms with van der Waals surface area (Å²) in [4.78, 5) is 9.81. The highest BCUT2D eigenvalue weighted by molar-refractivity contribution is 5.40. The molecule has 0 amide bonds. The van der Waals surface area contributed by atoms with E-state index in [-0.39, 0.29) is 6.10 Å². The van der Waals surface area contributed by atoms with Crippen molar-refractivity contribution in [3.63, 3.8) is 0 Å². The van der Waals surface area contributed by atoms with Gasteiger partial charge in [-0.25, -0.2) is 4.98 Å². The molecule has 2 aliphatic heterocycles. The van der Waals surface area contributed by atoms with Crippen molar-refractivity contribution in [1.82, 2.24) is 9.88 Å². The first kappa shape index (κ1) is 14.8. The Morgan fingerprint density at radius 2 is 1.90 bits per heavy atom. The van der Waals surface area contributed by atoms with Crippen molar-refractivity contribution in [2.45, 2.75) is 57.7 Å². The molecule has 1 atom stereocenters. The number of hydrogen-bond acceptors (Lipinski definition) is 4. The number of pyridine rings is 1. The maximum absolute atomic E-state index is 9.64. The van der Waals surface area contributed by atoms with Crippen molar-refractivity contribution < 1.29 is 5.11 Å². The molecular formula is C17H27N3O. The minimum Gasteiger partial charge on any atom is -0.393 e.